The van der Waals surface area contributed by atoms with Gasteiger partial charge in [-0.1, -0.05) is 30.9 Å². The van der Waals surface area contributed by atoms with Gasteiger partial charge in [-0.25, -0.2) is 0 Å². The molecule has 0 bridgehead atoms. The number of hydrogen-bond donors (Lipinski definition) is 1. The molecule has 0 aliphatic carbocycles. The van der Waals surface area contributed by atoms with Crippen molar-refractivity contribution in [2.75, 3.05) is 13.2 Å². The van der Waals surface area contributed by atoms with E-state index in [-0.39, 0.29) is 6.61 Å². The molecule has 26 heavy (non-hydrogen) atoms. The summed E-state index contributed by atoms with van der Waals surface area (Å²) < 4.78 is 11.7. The standard InChI is InChI=1S/C22H23NO3/c1-2-14-25-19-10-11-20-18(15-19)6-3-9-22(20)26-16-21-17(8-5-13-24)7-4-12-23-21/h2-4,6-7,9-12,15,24H,1,5,8,13-14,16H2. The van der Waals surface area contributed by atoms with E-state index in [4.69, 9.17) is 14.6 Å². The summed E-state index contributed by atoms with van der Waals surface area (Å²) in [6.07, 6.45) is 5.02. The molecule has 0 saturated carbocycles. The highest BCUT2D eigenvalue weighted by Gasteiger charge is 2.07. The zero-order valence-electron chi connectivity index (χ0n) is 14.7. The zero-order chi connectivity index (χ0) is 18.2. The minimum absolute atomic E-state index is 0.175. The molecule has 0 aliphatic heterocycles. The number of aliphatic hydroxyl groups excluding tert-OH is 1. The molecule has 1 heterocycles. The van der Waals surface area contributed by atoms with Crippen molar-refractivity contribution in [3.05, 3.63) is 78.6 Å². The predicted molar refractivity (Wildman–Crippen MR) is 104 cm³/mol. The summed E-state index contributed by atoms with van der Waals surface area (Å²) in [5.74, 6) is 1.63. The van der Waals surface area contributed by atoms with Gasteiger partial charge in [0.05, 0.1) is 5.69 Å². The number of benzene rings is 2. The van der Waals surface area contributed by atoms with E-state index < -0.39 is 0 Å². The molecular formula is C22H23NO3. The molecule has 0 aliphatic rings. The fraction of sp³-hybridized carbons (Fsp3) is 0.227. The van der Waals surface area contributed by atoms with Crippen molar-refractivity contribution in [2.45, 2.75) is 19.4 Å². The number of fused-ring (bicyclic) bond motifs is 1. The smallest absolute Gasteiger partial charge is 0.130 e. The molecule has 2 aromatic carbocycles. The lowest BCUT2D eigenvalue weighted by Crippen LogP contribution is -2.04. The summed E-state index contributed by atoms with van der Waals surface area (Å²) in [5, 5.41) is 11.1. The Kier molecular flexibility index (Phi) is 6.23. The summed E-state index contributed by atoms with van der Waals surface area (Å²) in [4.78, 5) is 4.44. The molecule has 0 fully saturated rings. The average molecular weight is 349 g/mol. The Hall–Kier alpha value is -2.85. The van der Waals surface area contributed by atoms with E-state index >= 15 is 0 Å². The van der Waals surface area contributed by atoms with Crippen LogP contribution in [0, 0.1) is 0 Å². The van der Waals surface area contributed by atoms with Crippen LogP contribution >= 0.6 is 0 Å². The number of ether oxygens (including phenoxy) is 2. The van der Waals surface area contributed by atoms with E-state index in [9.17, 15) is 0 Å². The van der Waals surface area contributed by atoms with Gasteiger partial charge in [0.25, 0.3) is 0 Å². The van der Waals surface area contributed by atoms with E-state index in [1.54, 1.807) is 12.3 Å². The first-order valence-electron chi connectivity index (χ1n) is 8.74. The maximum atomic E-state index is 9.05. The topological polar surface area (TPSA) is 51.6 Å². The number of aliphatic hydroxyl groups is 1. The van der Waals surface area contributed by atoms with E-state index in [2.05, 4.69) is 11.6 Å². The lowest BCUT2D eigenvalue weighted by Gasteiger charge is -2.12. The van der Waals surface area contributed by atoms with Gasteiger partial charge in [-0.05, 0) is 54.1 Å². The van der Waals surface area contributed by atoms with Crippen molar-refractivity contribution in [1.29, 1.82) is 0 Å². The summed E-state index contributed by atoms with van der Waals surface area (Å²) >= 11 is 0. The molecule has 0 saturated heterocycles. The normalized spacial score (nSPS) is 10.7. The first-order valence-corrected chi connectivity index (χ1v) is 8.74. The third-order valence-corrected chi connectivity index (χ3v) is 4.13. The van der Waals surface area contributed by atoms with Crippen molar-refractivity contribution in [3.8, 4) is 11.5 Å². The Morgan fingerprint density at radius 1 is 1.08 bits per heavy atom. The fourth-order valence-corrected chi connectivity index (χ4v) is 2.85. The minimum Gasteiger partial charge on any atom is -0.490 e. The van der Waals surface area contributed by atoms with Gasteiger partial charge in [-0.2, -0.15) is 0 Å². The Morgan fingerprint density at radius 3 is 2.85 bits per heavy atom. The van der Waals surface area contributed by atoms with Crippen molar-refractivity contribution in [2.24, 2.45) is 0 Å². The lowest BCUT2D eigenvalue weighted by atomic mass is 10.1. The van der Waals surface area contributed by atoms with Gasteiger partial charge in [0, 0.05) is 18.2 Å². The molecule has 0 unspecified atom stereocenters. The van der Waals surface area contributed by atoms with Crippen molar-refractivity contribution >= 4 is 10.8 Å². The van der Waals surface area contributed by atoms with E-state index in [0.29, 0.717) is 13.2 Å². The van der Waals surface area contributed by atoms with Crippen LogP contribution in [0.25, 0.3) is 10.8 Å². The van der Waals surface area contributed by atoms with Gasteiger partial charge in [-0.15, -0.1) is 0 Å². The summed E-state index contributed by atoms with van der Waals surface area (Å²) in [6, 6.07) is 15.9. The monoisotopic (exact) mass is 349 g/mol. The Balaban J connectivity index is 1.78. The van der Waals surface area contributed by atoms with Crippen molar-refractivity contribution < 1.29 is 14.6 Å². The highest BCUT2D eigenvalue weighted by atomic mass is 16.5. The maximum Gasteiger partial charge on any atom is 0.130 e. The lowest BCUT2D eigenvalue weighted by molar-refractivity contribution is 0.285. The van der Waals surface area contributed by atoms with Crippen LogP contribution in [0.5, 0.6) is 11.5 Å². The second-order valence-electron chi connectivity index (χ2n) is 5.96. The Bertz CT molecular complexity index is 876. The number of nitrogens with zero attached hydrogens (tertiary/aromatic N) is 1. The maximum absolute atomic E-state index is 9.05. The number of aromatic nitrogens is 1. The zero-order valence-corrected chi connectivity index (χ0v) is 14.7. The van der Waals surface area contributed by atoms with Gasteiger partial charge in [0.15, 0.2) is 0 Å². The van der Waals surface area contributed by atoms with Crippen LogP contribution < -0.4 is 9.47 Å². The second kappa shape index (κ2) is 9.02. The number of aryl methyl sites for hydroxylation is 1. The Morgan fingerprint density at radius 2 is 2.00 bits per heavy atom. The minimum atomic E-state index is 0.175. The molecule has 1 aromatic heterocycles. The largest absolute Gasteiger partial charge is 0.490 e. The molecule has 1 N–H and O–H groups in total. The highest BCUT2D eigenvalue weighted by Crippen LogP contribution is 2.29. The van der Waals surface area contributed by atoms with Gasteiger partial charge in [0.2, 0.25) is 0 Å². The first-order chi connectivity index (χ1) is 12.8. The van der Waals surface area contributed by atoms with Crippen LogP contribution in [0.3, 0.4) is 0 Å². The molecule has 0 atom stereocenters. The fourth-order valence-electron chi connectivity index (χ4n) is 2.85. The van der Waals surface area contributed by atoms with Crippen molar-refractivity contribution in [3.63, 3.8) is 0 Å². The molecule has 0 radical (unpaired) electrons. The van der Waals surface area contributed by atoms with E-state index in [1.807, 2.05) is 48.5 Å². The highest BCUT2D eigenvalue weighted by molar-refractivity contribution is 5.89. The van der Waals surface area contributed by atoms with Gasteiger partial charge >= 0.3 is 0 Å². The van der Waals surface area contributed by atoms with Crippen LogP contribution in [0.15, 0.2) is 67.4 Å². The first kappa shape index (κ1) is 18.0. The van der Waals surface area contributed by atoms with E-state index in [0.717, 1.165) is 46.4 Å². The van der Waals surface area contributed by atoms with Gasteiger partial charge < -0.3 is 14.6 Å². The molecule has 0 amide bonds. The molecule has 134 valence electrons. The number of pyridine rings is 1. The second-order valence-corrected chi connectivity index (χ2v) is 5.96. The molecule has 3 aromatic rings. The molecule has 0 spiro atoms. The van der Waals surface area contributed by atoms with Crippen LogP contribution in [0.2, 0.25) is 0 Å². The molecule has 4 nitrogen and oxygen atoms in total. The molecule has 3 rings (SSSR count). The van der Waals surface area contributed by atoms with Crippen molar-refractivity contribution in [1.82, 2.24) is 4.98 Å². The quantitative estimate of drug-likeness (QED) is 0.585. The predicted octanol–water partition coefficient (Wildman–Crippen LogP) is 4.30. The Labute approximate surface area is 153 Å². The van der Waals surface area contributed by atoms with Crippen LogP contribution in [-0.4, -0.2) is 23.3 Å². The van der Waals surface area contributed by atoms with E-state index in [1.165, 1.54) is 0 Å². The average Bonchev–Trinajstić information content (AvgIpc) is 2.69. The summed E-state index contributed by atoms with van der Waals surface area (Å²) in [7, 11) is 0. The summed E-state index contributed by atoms with van der Waals surface area (Å²) in [5.41, 5.74) is 2.02. The molecular weight excluding hydrogens is 326 g/mol. The van der Waals surface area contributed by atoms with Crippen LogP contribution in [0.4, 0.5) is 0 Å². The third-order valence-electron chi connectivity index (χ3n) is 4.13. The SMILES string of the molecule is C=CCOc1ccc2c(OCc3ncccc3CCCO)cccc2c1. The van der Waals surface area contributed by atoms with Crippen LogP contribution in [-0.2, 0) is 13.0 Å². The third kappa shape index (κ3) is 4.41. The molecule has 4 heteroatoms. The van der Waals surface area contributed by atoms with Crippen LogP contribution in [0.1, 0.15) is 17.7 Å². The van der Waals surface area contributed by atoms with Gasteiger partial charge in [0.1, 0.15) is 24.7 Å². The summed E-state index contributed by atoms with van der Waals surface area (Å²) in [6.45, 7) is 4.72. The number of hydrogen-bond acceptors (Lipinski definition) is 4. The van der Waals surface area contributed by atoms with Gasteiger partial charge in [-0.3, -0.25) is 4.98 Å². The number of rotatable bonds is 9.